The number of esters is 1. The molecule has 0 aliphatic heterocycles. The van der Waals surface area contributed by atoms with Crippen molar-refractivity contribution in [2.24, 2.45) is 11.3 Å². The highest BCUT2D eigenvalue weighted by molar-refractivity contribution is 5.79. The first kappa shape index (κ1) is 13.7. The molecule has 0 saturated carbocycles. The number of amides is 1. The Morgan fingerprint density at radius 1 is 1.47 bits per heavy atom. The minimum absolute atomic E-state index is 0.00136. The van der Waals surface area contributed by atoms with E-state index in [0.29, 0.717) is 18.9 Å². The minimum Gasteiger partial charge on any atom is -0.469 e. The van der Waals surface area contributed by atoms with Crippen LogP contribution in [0.4, 0.5) is 0 Å². The lowest BCUT2D eigenvalue weighted by Crippen LogP contribution is -2.39. The second kappa shape index (κ2) is 5.84. The lowest BCUT2D eigenvalue weighted by molar-refractivity contribution is -0.150. The molecule has 0 aromatic rings. The molecule has 0 unspecified atom stereocenters. The van der Waals surface area contributed by atoms with Crippen LogP contribution >= 0.6 is 0 Å². The van der Waals surface area contributed by atoms with E-state index in [1.165, 1.54) is 7.11 Å². The summed E-state index contributed by atoms with van der Waals surface area (Å²) in [4.78, 5) is 23.1. The molecule has 4 nitrogen and oxygen atoms in total. The maximum absolute atomic E-state index is 11.7. The fourth-order valence-electron chi connectivity index (χ4n) is 1.84. The number of nitrogens with one attached hydrogen (secondary N) is 1. The van der Waals surface area contributed by atoms with Crippen LogP contribution in [0.25, 0.3) is 0 Å². The Kier molecular flexibility index (Phi) is 4.73. The van der Waals surface area contributed by atoms with E-state index in [4.69, 9.17) is 0 Å². The van der Waals surface area contributed by atoms with Gasteiger partial charge in [0, 0.05) is 13.0 Å². The lowest BCUT2D eigenvalue weighted by Gasteiger charge is -2.22. The Balaban J connectivity index is 2.32. The van der Waals surface area contributed by atoms with Gasteiger partial charge in [0.05, 0.1) is 12.5 Å². The number of carbonyl (C=O) groups excluding carboxylic acids is 2. The summed E-state index contributed by atoms with van der Waals surface area (Å²) in [6.07, 6.45) is 6.81. The van der Waals surface area contributed by atoms with E-state index in [9.17, 15) is 9.59 Å². The number of rotatable bonds is 5. The zero-order valence-corrected chi connectivity index (χ0v) is 10.8. The molecular weight excluding hydrogens is 218 g/mol. The third-order valence-electron chi connectivity index (χ3n) is 3.03. The Bertz CT molecular complexity index is 321. The molecule has 0 spiro atoms. The predicted octanol–water partition coefficient (Wildman–Crippen LogP) is 1.66. The maximum Gasteiger partial charge on any atom is 0.313 e. The summed E-state index contributed by atoms with van der Waals surface area (Å²) in [5, 5.41) is 2.79. The average molecular weight is 239 g/mol. The number of hydrogen-bond donors (Lipinski definition) is 1. The second-order valence-corrected chi connectivity index (χ2v) is 5.12. The Labute approximate surface area is 102 Å². The first-order valence-electron chi connectivity index (χ1n) is 5.97. The van der Waals surface area contributed by atoms with Crippen molar-refractivity contribution in [3.05, 3.63) is 12.2 Å². The third-order valence-corrected chi connectivity index (χ3v) is 3.03. The number of hydrogen-bond acceptors (Lipinski definition) is 3. The SMILES string of the molecule is COC(=O)C(C)(C)CNC(=O)C[C@@H]1C=CCC1. The summed E-state index contributed by atoms with van der Waals surface area (Å²) < 4.78 is 4.68. The zero-order valence-electron chi connectivity index (χ0n) is 10.8. The van der Waals surface area contributed by atoms with E-state index < -0.39 is 5.41 Å². The van der Waals surface area contributed by atoms with Gasteiger partial charge in [-0.3, -0.25) is 9.59 Å². The van der Waals surface area contributed by atoms with E-state index in [2.05, 4.69) is 22.2 Å². The van der Waals surface area contributed by atoms with Crippen molar-refractivity contribution < 1.29 is 14.3 Å². The van der Waals surface area contributed by atoms with Crippen molar-refractivity contribution in [1.29, 1.82) is 0 Å². The number of carbonyl (C=O) groups is 2. The molecule has 1 aliphatic carbocycles. The standard InChI is InChI=1S/C13H21NO3/c1-13(2,12(16)17-3)9-14-11(15)8-10-6-4-5-7-10/h4,6,10H,5,7-9H2,1-3H3,(H,14,15)/t10-/m1/s1. The van der Waals surface area contributed by atoms with Gasteiger partial charge in [0.2, 0.25) is 5.91 Å². The first-order valence-corrected chi connectivity index (χ1v) is 5.97. The van der Waals surface area contributed by atoms with Crippen LogP contribution in [0.5, 0.6) is 0 Å². The van der Waals surface area contributed by atoms with E-state index in [1.54, 1.807) is 13.8 Å². The van der Waals surface area contributed by atoms with Gasteiger partial charge in [-0.1, -0.05) is 12.2 Å². The van der Waals surface area contributed by atoms with Crippen LogP contribution in [0.15, 0.2) is 12.2 Å². The summed E-state index contributed by atoms with van der Waals surface area (Å²) in [6, 6.07) is 0. The second-order valence-electron chi connectivity index (χ2n) is 5.12. The van der Waals surface area contributed by atoms with Gasteiger partial charge >= 0.3 is 5.97 Å². The van der Waals surface area contributed by atoms with Crippen LogP contribution in [-0.2, 0) is 14.3 Å². The highest BCUT2D eigenvalue weighted by Crippen LogP contribution is 2.20. The number of ether oxygens (including phenoxy) is 1. The van der Waals surface area contributed by atoms with Crippen molar-refractivity contribution in [3.63, 3.8) is 0 Å². The van der Waals surface area contributed by atoms with Crippen LogP contribution in [0.2, 0.25) is 0 Å². The highest BCUT2D eigenvalue weighted by atomic mass is 16.5. The Morgan fingerprint density at radius 2 is 2.18 bits per heavy atom. The lowest BCUT2D eigenvalue weighted by atomic mass is 9.93. The van der Waals surface area contributed by atoms with Gasteiger partial charge in [0.25, 0.3) is 0 Å². The van der Waals surface area contributed by atoms with Gasteiger partial charge in [0.15, 0.2) is 0 Å². The Morgan fingerprint density at radius 3 is 2.71 bits per heavy atom. The molecule has 0 aromatic heterocycles. The van der Waals surface area contributed by atoms with Gasteiger partial charge in [-0.05, 0) is 32.6 Å². The van der Waals surface area contributed by atoms with Gasteiger partial charge in [0.1, 0.15) is 0 Å². The normalized spacial score (nSPS) is 19.1. The van der Waals surface area contributed by atoms with Crippen molar-refractivity contribution in [3.8, 4) is 0 Å². The molecule has 0 bridgehead atoms. The predicted molar refractivity (Wildman–Crippen MR) is 65.3 cm³/mol. The molecule has 17 heavy (non-hydrogen) atoms. The van der Waals surface area contributed by atoms with E-state index in [-0.39, 0.29) is 11.9 Å². The molecule has 1 aliphatic rings. The Hall–Kier alpha value is -1.32. The molecule has 0 aromatic carbocycles. The van der Waals surface area contributed by atoms with Gasteiger partial charge in [-0.15, -0.1) is 0 Å². The topological polar surface area (TPSA) is 55.4 Å². The number of methoxy groups -OCH3 is 1. The molecule has 0 heterocycles. The third kappa shape index (κ3) is 4.21. The average Bonchev–Trinajstić information content (AvgIpc) is 2.78. The molecule has 1 N–H and O–H groups in total. The van der Waals surface area contributed by atoms with Crippen molar-refractivity contribution >= 4 is 11.9 Å². The smallest absolute Gasteiger partial charge is 0.313 e. The summed E-state index contributed by atoms with van der Waals surface area (Å²) in [6.45, 7) is 3.83. The molecule has 0 saturated heterocycles. The fraction of sp³-hybridized carbons (Fsp3) is 0.692. The van der Waals surface area contributed by atoms with Crippen LogP contribution in [0.3, 0.4) is 0 Å². The fourth-order valence-corrected chi connectivity index (χ4v) is 1.84. The molecular formula is C13H21NO3. The molecule has 1 amide bonds. The van der Waals surface area contributed by atoms with Crippen molar-refractivity contribution in [1.82, 2.24) is 5.32 Å². The van der Waals surface area contributed by atoms with Gasteiger partial charge in [-0.25, -0.2) is 0 Å². The zero-order chi connectivity index (χ0) is 12.9. The van der Waals surface area contributed by atoms with Gasteiger partial charge < -0.3 is 10.1 Å². The highest BCUT2D eigenvalue weighted by Gasteiger charge is 2.29. The first-order chi connectivity index (χ1) is 7.95. The monoisotopic (exact) mass is 239 g/mol. The summed E-state index contributed by atoms with van der Waals surface area (Å²) in [7, 11) is 1.36. The van der Waals surface area contributed by atoms with E-state index >= 15 is 0 Å². The minimum atomic E-state index is -0.671. The number of allylic oxidation sites excluding steroid dienone is 2. The maximum atomic E-state index is 11.7. The van der Waals surface area contributed by atoms with Crippen LogP contribution in [0, 0.1) is 11.3 Å². The quantitative estimate of drug-likeness (QED) is 0.586. The van der Waals surface area contributed by atoms with Crippen LogP contribution in [-0.4, -0.2) is 25.5 Å². The van der Waals surface area contributed by atoms with Gasteiger partial charge in [-0.2, -0.15) is 0 Å². The largest absolute Gasteiger partial charge is 0.469 e. The molecule has 1 rings (SSSR count). The van der Waals surface area contributed by atoms with Crippen molar-refractivity contribution in [2.75, 3.05) is 13.7 Å². The van der Waals surface area contributed by atoms with Crippen LogP contribution in [0.1, 0.15) is 33.1 Å². The van der Waals surface area contributed by atoms with E-state index in [0.717, 1.165) is 12.8 Å². The van der Waals surface area contributed by atoms with Crippen molar-refractivity contribution in [2.45, 2.75) is 33.1 Å². The summed E-state index contributed by atoms with van der Waals surface area (Å²) in [5.41, 5.74) is -0.671. The summed E-state index contributed by atoms with van der Waals surface area (Å²) >= 11 is 0. The molecule has 0 fully saturated rings. The summed E-state index contributed by atoms with van der Waals surface area (Å²) in [5.74, 6) is 0.0494. The molecule has 4 heteroatoms. The van der Waals surface area contributed by atoms with E-state index in [1.807, 2.05) is 0 Å². The van der Waals surface area contributed by atoms with Crippen LogP contribution < -0.4 is 5.32 Å². The molecule has 96 valence electrons. The molecule has 1 atom stereocenters. The molecule has 0 radical (unpaired) electrons.